The van der Waals surface area contributed by atoms with Gasteiger partial charge < -0.3 is 4.90 Å². The van der Waals surface area contributed by atoms with E-state index in [1.807, 2.05) is 17.0 Å². The van der Waals surface area contributed by atoms with Crippen LogP contribution in [0.25, 0.3) is 10.9 Å². The molecule has 0 N–H and O–H groups in total. The van der Waals surface area contributed by atoms with E-state index in [-0.39, 0.29) is 18.0 Å². The van der Waals surface area contributed by atoms with Gasteiger partial charge in [-0.3, -0.25) is 19.1 Å². The van der Waals surface area contributed by atoms with Gasteiger partial charge in [0.05, 0.1) is 17.2 Å². The number of piperazine rings is 1. The number of para-hydroxylation sites is 1. The highest BCUT2D eigenvalue weighted by molar-refractivity contribution is 7.09. The summed E-state index contributed by atoms with van der Waals surface area (Å²) in [5.74, 6) is -0.0278. The van der Waals surface area contributed by atoms with E-state index in [1.165, 1.54) is 15.8 Å². The van der Waals surface area contributed by atoms with Gasteiger partial charge in [-0.05, 0) is 23.6 Å². The smallest absolute Gasteiger partial charge is 0.261 e. The fraction of sp³-hybridized carbons (Fsp3) is 0.316. The van der Waals surface area contributed by atoms with Crippen LogP contribution in [0.1, 0.15) is 4.88 Å². The molecule has 0 bridgehead atoms. The van der Waals surface area contributed by atoms with E-state index in [2.05, 4.69) is 27.4 Å². The zero-order valence-electron chi connectivity index (χ0n) is 14.4. The van der Waals surface area contributed by atoms with Crippen LogP contribution in [0, 0.1) is 0 Å². The molecule has 4 rings (SSSR count). The van der Waals surface area contributed by atoms with Crippen LogP contribution in [0.4, 0.5) is 0 Å². The number of fused-ring (bicyclic) bond motifs is 1. The minimum Gasteiger partial charge on any atom is -0.339 e. The van der Waals surface area contributed by atoms with E-state index in [0.717, 1.165) is 19.6 Å². The number of carbonyl (C=O) groups is 1. The van der Waals surface area contributed by atoms with Crippen LogP contribution in [0.2, 0.25) is 0 Å². The first-order valence-electron chi connectivity index (χ1n) is 8.67. The normalized spacial score (nSPS) is 15.5. The lowest BCUT2D eigenvalue weighted by Gasteiger charge is -2.34. The van der Waals surface area contributed by atoms with Crippen molar-refractivity contribution >= 4 is 28.1 Å². The summed E-state index contributed by atoms with van der Waals surface area (Å²) in [6.07, 6.45) is 1.47. The molecule has 1 aliphatic rings. The average molecular weight is 368 g/mol. The largest absolute Gasteiger partial charge is 0.339 e. The Hall–Kier alpha value is -2.51. The lowest BCUT2D eigenvalue weighted by molar-refractivity contribution is -0.133. The van der Waals surface area contributed by atoms with Gasteiger partial charge in [0.1, 0.15) is 6.54 Å². The third kappa shape index (κ3) is 3.54. The minimum absolute atomic E-state index is 0.0278. The van der Waals surface area contributed by atoms with Crippen molar-refractivity contribution in [3.05, 3.63) is 63.3 Å². The van der Waals surface area contributed by atoms with Gasteiger partial charge in [-0.2, -0.15) is 0 Å². The molecule has 0 atom stereocenters. The fourth-order valence-electron chi connectivity index (χ4n) is 3.24. The van der Waals surface area contributed by atoms with Crippen molar-refractivity contribution in [2.45, 2.75) is 13.1 Å². The predicted octanol–water partition coefficient (Wildman–Crippen LogP) is 1.80. The maximum absolute atomic E-state index is 12.6. The summed E-state index contributed by atoms with van der Waals surface area (Å²) in [5.41, 5.74) is 0.490. The van der Waals surface area contributed by atoms with Crippen LogP contribution in [0.5, 0.6) is 0 Å². The lowest BCUT2D eigenvalue weighted by Crippen LogP contribution is -2.49. The number of aromatic nitrogens is 2. The second-order valence-electron chi connectivity index (χ2n) is 6.43. The van der Waals surface area contributed by atoms with Gasteiger partial charge in [-0.1, -0.05) is 18.2 Å². The molecule has 6 nitrogen and oxygen atoms in total. The molecule has 134 valence electrons. The Morgan fingerprint density at radius 3 is 2.65 bits per heavy atom. The summed E-state index contributed by atoms with van der Waals surface area (Å²) in [4.78, 5) is 34.9. The van der Waals surface area contributed by atoms with Gasteiger partial charge in [0, 0.05) is 37.6 Å². The number of thiophene rings is 1. The van der Waals surface area contributed by atoms with Crippen molar-refractivity contribution in [3.63, 3.8) is 0 Å². The van der Waals surface area contributed by atoms with E-state index in [0.29, 0.717) is 24.0 Å². The predicted molar refractivity (Wildman–Crippen MR) is 102 cm³/mol. The first-order valence-corrected chi connectivity index (χ1v) is 9.55. The molecule has 26 heavy (non-hydrogen) atoms. The maximum Gasteiger partial charge on any atom is 0.261 e. The molecule has 0 spiro atoms. The summed E-state index contributed by atoms with van der Waals surface area (Å²) in [6, 6.07) is 11.4. The molecule has 1 amide bonds. The van der Waals surface area contributed by atoms with Gasteiger partial charge >= 0.3 is 0 Å². The summed E-state index contributed by atoms with van der Waals surface area (Å²) >= 11 is 1.76. The van der Waals surface area contributed by atoms with Crippen LogP contribution >= 0.6 is 11.3 Å². The second-order valence-corrected chi connectivity index (χ2v) is 7.46. The molecule has 3 heterocycles. The van der Waals surface area contributed by atoms with Gasteiger partial charge in [0.25, 0.3) is 5.56 Å². The highest BCUT2D eigenvalue weighted by atomic mass is 32.1. The van der Waals surface area contributed by atoms with Crippen molar-refractivity contribution in [1.29, 1.82) is 0 Å². The quantitative estimate of drug-likeness (QED) is 0.705. The molecule has 0 aliphatic carbocycles. The molecule has 1 fully saturated rings. The van der Waals surface area contributed by atoms with Crippen molar-refractivity contribution in [2.24, 2.45) is 0 Å². The Bertz CT molecular complexity index is 959. The van der Waals surface area contributed by atoms with Crippen molar-refractivity contribution < 1.29 is 4.79 Å². The van der Waals surface area contributed by atoms with Gasteiger partial charge in [-0.15, -0.1) is 11.3 Å². The number of nitrogens with zero attached hydrogens (tertiary/aromatic N) is 4. The lowest BCUT2D eigenvalue weighted by atomic mass is 10.2. The topological polar surface area (TPSA) is 58.4 Å². The third-order valence-electron chi connectivity index (χ3n) is 4.72. The van der Waals surface area contributed by atoms with Gasteiger partial charge in [0.15, 0.2) is 0 Å². The fourth-order valence-corrected chi connectivity index (χ4v) is 3.99. The zero-order chi connectivity index (χ0) is 17.9. The first kappa shape index (κ1) is 16.9. The van der Waals surface area contributed by atoms with E-state index in [1.54, 1.807) is 23.5 Å². The molecule has 1 aromatic carbocycles. The molecule has 7 heteroatoms. The van der Waals surface area contributed by atoms with E-state index >= 15 is 0 Å². The monoisotopic (exact) mass is 368 g/mol. The summed E-state index contributed by atoms with van der Waals surface area (Å²) in [6.45, 7) is 4.08. The Morgan fingerprint density at radius 2 is 1.88 bits per heavy atom. The molecular weight excluding hydrogens is 348 g/mol. The minimum atomic E-state index is -0.166. The Morgan fingerprint density at radius 1 is 1.08 bits per heavy atom. The van der Waals surface area contributed by atoms with Gasteiger partial charge in [-0.25, -0.2) is 4.98 Å². The number of rotatable bonds is 4. The molecular formula is C19H20N4O2S. The number of carbonyl (C=O) groups excluding carboxylic acids is 1. The molecule has 1 saturated heterocycles. The average Bonchev–Trinajstić information content (AvgIpc) is 3.18. The molecule has 0 radical (unpaired) electrons. The summed E-state index contributed by atoms with van der Waals surface area (Å²) in [5, 5.41) is 2.63. The van der Waals surface area contributed by atoms with Crippen molar-refractivity contribution in [2.75, 3.05) is 26.2 Å². The Balaban J connectivity index is 1.38. The van der Waals surface area contributed by atoms with E-state index in [9.17, 15) is 9.59 Å². The van der Waals surface area contributed by atoms with E-state index in [4.69, 9.17) is 0 Å². The van der Waals surface area contributed by atoms with Crippen LogP contribution < -0.4 is 5.56 Å². The van der Waals surface area contributed by atoms with Crippen LogP contribution in [-0.4, -0.2) is 51.4 Å². The molecule has 2 aromatic heterocycles. The standard InChI is InChI=1S/C19H20N4O2S/c24-18(13-23-14-20-17-6-2-1-5-16(17)19(23)25)22-9-7-21(8-10-22)12-15-4-3-11-26-15/h1-6,11,14H,7-10,12-13H2. The number of hydrogen-bond acceptors (Lipinski definition) is 5. The van der Waals surface area contributed by atoms with Crippen LogP contribution in [0.3, 0.4) is 0 Å². The Kier molecular flexibility index (Phi) is 4.81. The van der Waals surface area contributed by atoms with Gasteiger partial charge in [0.2, 0.25) is 5.91 Å². The first-order chi connectivity index (χ1) is 12.7. The summed E-state index contributed by atoms with van der Waals surface area (Å²) < 4.78 is 1.41. The zero-order valence-corrected chi connectivity index (χ0v) is 15.2. The molecule has 1 aliphatic heterocycles. The SMILES string of the molecule is O=C(Cn1cnc2ccccc2c1=O)N1CCN(Cc2cccs2)CC1. The third-order valence-corrected chi connectivity index (χ3v) is 5.58. The van der Waals surface area contributed by atoms with Crippen molar-refractivity contribution in [3.8, 4) is 0 Å². The highest BCUT2D eigenvalue weighted by Gasteiger charge is 2.22. The molecule has 0 unspecified atom stereocenters. The Labute approximate surface area is 155 Å². The van der Waals surface area contributed by atoms with Crippen LogP contribution in [-0.2, 0) is 17.9 Å². The van der Waals surface area contributed by atoms with E-state index < -0.39 is 0 Å². The maximum atomic E-state index is 12.6. The van der Waals surface area contributed by atoms with Crippen LogP contribution in [0.15, 0.2) is 52.9 Å². The summed E-state index contributed by atoms with van der Waals surface area (Å²) in [7, 11) is 0. The van der Waals surface area contributed by atoms with Crippen molar-refractivity contribution in [1.82, 2.24) is 19.4 Å². The highest BCUT2D eigenvalue weighted by Crippen LogP contribution is 2.14. The number of hydrogen-bond donors (Lipinski definition) is 0. The molecule has 3 aromatic rings. The number of amides is 1. The second kappa shape index (κ2) is 7.39. The number of benzene rings is 1. The molecule has 0 saturated carbocycles.